The molecule has 1 aromatic rings. The van der Waals surface area contributed by atoms with Crippen molar-refractivity contribution in [3.05, 3.63) is 17.0 Å². The topological polar surface area (TPSA) is 55.9 Å². The largest absolute Gasteiger partial charge is 0.272 e. The molecule has 1 atom stereocenters. The molecule has 0 spiro atoms. The molecule has 1 unspecified atom stereocenters. The third-order valence-corrected chi connectivity index (χ3v) is 5.33. The van der Waals surface area contributed by atoms with E-state index >= 15 is 0 Å². The van der Waals surface area contributed by atoms with E-state index in [4.69, 9.17) is 5.84 Å². The highest BCUT2D eigenvalue weighted by Gasteiger charge is 2.27. The van der Waals surface area contributed by atoms with Crippen molar-refractivity contribution in [2.24, 2.45) is 24.7 Å². The van der Waals surface area contributed by atoms with Crippen molar-refractivity contribution in [2.45, 2.75) is 65.3 Å². The molecule has 3 N–H and O–H groups in total. The smallest absolute Gasteiger partial charge is 0.0628 e. The molecular weight excluding hydrogens is 248 g/mol. The summed E-state index contributed by atoms with van der Waals surface area (Å²) in [5.41, 5.74) is 6.86. The molecule has 1 aliphatic rings. The van der Waals surface area contributed by atoms with Crippen molar-refractivity contribution in [3.8, 4) is 0 Å². The molecule has 1 aliphatic carbocycles. The Morgan fingerprint density at radius 1 is 1.30 bits per heavy atom. The van der Waals surface area contributed by atoms with Gasteiger partial charge in [-0.15, -0.1) is 0 Å². The molecule has 1 saturated carbocycles. The standard InChI is InChI=1S/C16H30N4/c1-5-13-6-8-14(9-7-13)16(18-17)10-15-11(2)19-20(4)12(15)3/h13-14,16,18H,5-10,17H2,1-4H3. The minimum absolute atomic E-state index is 0.384. The average Bonchev–Trinajstić information content (AvgIpc) is 2.70. The van der Waals surface area contributed by atoms with E-state index < -0.39 is 0 Å². The van der Waals surface area contributed by atoms with Gasteiger partial charge in [0.25, 0.3) is 0 Å². The van der Waals surface area contributed by atoms with Gasteiger partial charge in [-0.05, 0) is 50.5 Å². The fourth-order valence-corrected chi connectivity index (χ4v) is 3.69. The lowest BCUT2D eigenvalue weighted by Crippen LogP contribution is -2.43. The maximum absolute atomic E-state index is 5.85. The number of aromatic nitrogens is 2. The van der Waals surface area contributed by atoms with E-state index in [-0.39, 0.29) is 0 Å². The minimum Gasteiger partial charge on any atom is -0.272 e. The van der Waals surface area contributed by atoms with Crippen LogP contribution in [0.15, 0.2) is 0 Å². The molecule has 114 valence electrons. The molecule has 20 heavy (non-hydrogen) atoms. The molecular formula is C16H30N4. The van der Waals surface area contributed by atoms with Crippen LogP contribution in [0.4, 0.5) is 0 Å². The van der Waals surface area contributed by atoms with Crippen LogP contribution in [0.3, 0.4) is 0 Å². The normalized spacial score (nSPS) is 24.9. The van der Waals surface area contributed by atoms with E-state index in [1.54, 1.807) is 0 Å². The molecule has 0 bridgehead atoms. The molecule has 1 fully saturated rings. The highest BCUT2D eigenvalue weighted by atomic mass is 15.3. The number of rotatable bonds is 5. The molecule has 4 nitrogen and oxygen atoms in total. The monoisotopic (exact) mass is 278 g/mol. The van der Waals surface area contributed by atoms with Crippen molar-refractivity contribution >= 4 is 0 Å². The predicted octanol–water partition coefficient (Wildman–Crippen LogP) is 2.63. The summed E-state index contributed by atoms with van der Waals surface area (Å²) in [5.74, 6) is 7.49. The Morgan fingerprint density at radius 2 is 1.95 bits per heavy atom. The summed E-state index contributed by atoms with van der Waals surface area (Å²) in [6, 6.07) is 0.384. The zero-order valence-electron chi connectivity index (χ0n) is 13.4. The van der Waals surface area contributed by atoms with Gasteiger partial charge in [0.15, 0.2) is 0 Å². The van der Waals surface area contributed by atoms with Crippen LogP contribution in [0.2, 0.25) is 0 Å². The van der Waals surface area contributed by atoms with Gasteiger partial charge in [0, 0.05) is 18.8 Å². The summed E-state index contributed by atoms with van der Waals surface area (Å²) in [6.45, 7) is 6.56. The molecule has 0 saturated heterocycles. The van der Waals surface area contributed by atoms with Crippen LogP contribution >= 0.6 is 0 Å². The second-order valence-electron chi connectivity index (χ2n) is 6.44. The van der Waals surface area contributed by atoms with Gasteiger partial charge < -0.3 is 0 Å². The van der Waals surface area contributed by atoms with Gasteiger partial charge in [-0.1, -0.05) is 26.2 Å². The lowest BCUT2D eigenvalue weighted by molar-refractivity contribution is 0.217. The van der Waals surface area contributed by atoms with Gasteiger partial charge >= 0.3 is 0 Å². The first kappa shape index (κ1) is 15.5. The first-order valence-electron chi connectivity index (χ1n) is 8.02. The maximum Gasteiger partial charge on any atom is 0.0628 e. The Morgan fingerprint density at radius 3 is 2.40 bits per heavy atom. The van der Waals surface area contributed by atoms with Crippen molar-refractivity contribution in [2.75, 3.05) is 0 Å². The third-order valence-electron chi connectivity index (χ3n) is 5.33. The minimum atomic E-state index is 0.384. The van der Waals surface area contributed by atoms with Crippen LogP contribution in [0.5, 0.6) is 0 Å². The van der Waals surface area contributed by atoms with Gasteiger partial charge in [0.2, 0.25) is 0 Å². The molecule has 1 heterocycles. The predicted molar refractivity (Wildman–Crippen MR) is 83.2 cm³/mol. The van der Waals surface area contributed by atoms with E-state index in [0.717, 1.165) is 18.0 Å². The quantitative estimate of drug-likeness (QED) is 0.643. The average molecular weight is 278 g/mol. The van der Waals surface area contributed by atoms with Crippen LogP contribution in [0.25, 0.3) is 0 Å². The van der Waals surface area contributed by atoms with E-state index in [1.165, 1.54) is 43.4 Å². The fraction of sp³-hybridized carbons (Fsp3) is 0.812. The molecule has 0 amide bonds. The number of hydrazine groups is 1. The van der Waals surface area contributed by atoms with E-state index in [2.05, 4.69) is 31.3 Å². The Balaban J connectivity index is 2.02. The summed E-state index contributed by atoms with van der Waals surface area (Å²) >= 11 is 0. The van der Waals surface area contributed by atoms with Crippen LogP contribution in [-0.2, 0) is 13.5 Å². The van der Waals surface area contributed by atoms with Gasteiger partial charge in [0.05, 0.1) is 5.69 Å². The molecule has 0 aliphatic heterocycles. The molecule has 0 radical (unpaired) electrons. The first-order chi connectivity index (χ1) is 9.56. The van der Waals surface area contributed by atoms with E-state index in [0.29, 0.717) is 12.0 Å². The van der Waals surface area contributed by atoms with E-state index in [1.807, 2.05) is 11.7 Å². The van der Waals surface area contributed by atoms with Crippen LogP contribution in [0, 0.1) is 25.7 Å². The van der Waals surface area contributed by atoms with Crippen molar-refractivity contribution in [1.29, 1.82) is 0 Å². The van der Waals surface area contributed by atoms with Gasteiger partial charge in [-0.25, -0.2) is 0 Å². The molecule has 0 aromatic carbocycles. The van der Waals surface area contributed by atoms with Crippen LogP contribution in [0.1, 0.15) is 56.0 Å². The third kappa shape index (κ3) is 3.23. The maximum atomic E-state index is 5.85. The highest BCUT2D eigenvalue weighted by Crippen LogP contribution is 2.33. The van der Waals surface area contributed by atoms with Crippen molar-refractivity contribution in [3.63, 3.8) is 0 Å². The molecule has 1 aromatic heterocycles. The Kier molecular flexibility index (Phi) is 5.22. The Hall–Kier alpha value is -0.870. The summed E-state index contributed by atoms with van der Waals surface area (Å²) in [6.07, 6.45) is 7.68. The summed E-state index contributed by atoms with van der Waals surface area (Å²) < 4.78 is 1.98. The zero-order valence-corrected chi connectivity index (χ0v) is 13.4. The summed E-state index contributed by atoms with van der Waals surface area (Å²) in [4.78, 5) is 0. The van der Waals surface area contributed by atoms with Gasteiger partial charge in [-0.2, -0.15) is 5.10 Å². The molecule has 2 rings (SSSR count). The SMILES string of the molecule is CCC1CCC(C(Cc2c(C)nn(C)c2C)NN)CC1. The van der Waals surface area contributed by atoms with E-state index in [9.17, 15) is 0 Å². The second-order valence-corrected chi connectivity index (χ2v) is 6.44. The lowest BCUT2D eigenvalue weighted by Gasteiger charge is -2.33. The lowest BCUT2D eigenvalue weighted by atomic mass is 9.76. The van der Waals surface area contributed by atoms with Gasteiger partial charge in [0.1, 0.15) is 0 Å². The second kappa shape index (κ2) is 6.72. The molecule has 4 heteroatoms. The Bertz CT molecular complexity index is 430. The van der Waals surface area contributed by atoms with Crippen LogP contribution in [-0.4, -0.2) is 15.8 Å². The first-order valence-corrected chi connectivity index (χ1v) is 8.02. The Labute approximate surface area is 123 Å². The number of nitrogens with two attached hydrogens (primary N) is 1. The van der Waals surface area contributed by atoms with Gasteiger partial charge in [-0.3, -0.25) is 16.0 Å². The summed E-state index contributed by atoms with van der Waals surface area (Å²) in [5, 5.41) is 4.52. The summed E-state index contributed by atoms with van der Waals surface area (Å²) in [7, 11) is 2.02. The fourth-order valence-electron chi connectivity index (χ4n) is 3.69. The van der Waals surface area contributed by atoms with Crippen LogP contribution < -0.4 is 11.3 Å². The van der Waals surface area contributed by atoms with Crippen molar-refractivity contribution in [1.82, 2.24) is 15.2 Å². The number of nitrogens with zero attached hydrogens (tertiary/aromatic N) is 2. The zero-order chi connectivity index (χ0) is 14.7. The van der Waals surface area contributed by atoms with Crippen molar-refractivity contribution < 1.29 is 0 Å². The number of hydrogen-bond donors (Lipinski definition) is 2. The number of hydrogen-bond acceptors (Lipinski definition) is 3. The number of aryl methyl sites for hydroxylation is 2. The number of nitrogens with one attached hydrogen (secondary N) is 1. The highest BCUT2D eigenvalue weighted by molar-refractivity contribution is 5.25.